The van der Waals surface area contributed by atoms with Crippen molar-refractivity contribution >= 4 is 28.3 Å². The molecule has 1 aliphatic heterocycles. The fraction of sp³-hybridized carbons (Fsp3) is 0.241. The summed E-state index contributed by atoms with van der Waals surface area (Å²) < 4.78 is 16.7. The van der Waals surface area contributed by atoms with Gasteiger partial charge in [0.1, 0.15) is 23.0 Å². The predicted octanol–water partition coefficient (Wildman–Crippen LogP) is 4.31. The molecule has 5 rings (SSSR count). The molecule has 0 saturated heterocycles. The lowest BCUT2D eigenvalue weighted by Gasteiger charge is -2.23. The number of rotatable bonds is 7. The Bertz CT molecular complexity index is 1450. The molecule has 3 aromatic carbocycles. The summed E-state index contributed by atoms with van der Waals surface area (Å²) in [5.74, 6) is 0.377. The molecule has 0 aliphatic carbocycles. The molecule has 1 aliphatic rings. The summed E-state index contributed by atoms with van der Waals surface area (Å²) in [4.78, 5) is 17.8. The number of quaternary nitrogens is 1. The number of aromatic nitrogens is 1. The minimum atomic E-state index is -0.323. The molecule has 0 bridgehead atoms. The number of halogens is 1. The first-order chi connectivity index (χ1) is 17.3. The molecule has 0 radical (unpaired) electrons. The summed E-state index contributed by atoms with van der Waals surface area (Å²) in [5.41, 5.74) is 5.59. The van der Waals surface area contributed by atoms with E-state index in [1.165, 1.54) is 17.8 Å². The van der Waals surface area contributed by atoms with E-state index in [1.54, 1.807) is 12.1 Å². The molecule has 7 heteroatoms. The third-order valence-corrected chi connectivity index (χ3v) is 6.48. The molecule has 0 atom stereocenters. The Kier molecular flexibility index (Phi) is 6.33. The second-order valence-corrected chi connectivity index (χ2v) is 10.0. The number of fused-ring (bicyclic) bond motifs is 1. The Labute approximate surface area is 210 Å². The Hall–Kier alpha value is -3.97. The van der Waals surface area contributed by atoms with E-state index >= 15 is 0 Å². The second-order valence-electron chi connectivity index (χ2n) is 10.0. The fourth-order valence-corrected chi connectivity index (χ4v) is 4.52. The van der Waals surface area contributed by atoms with Crippen LogP contribution in [0.3, 0.4) is 0 Å². The van der Waals surface area contributed by atoms with Gasteiger partial charge >= 0.3 is 0 Å². The first kappa shape index (κ1) is 23.8. The topological polar surface area (TPSA) is 58.4 Å². The van der Waals surface area contributed by atoms with Crippen molar-refractivity contribution in [2.24, 2.45) is 4.99 Å². The summed E-state index contributed by atoms with van der Waals surface area (Å²) in [7, 11) is 6.35. The summed E-state index contributed by atoms with van der Waals surface area (Å²) in [6, 6.07) is 22.8. The Morgan fingerprint density at radius 3 is 2.56 bits per heavy atom. The van der Waals surface area contributed by atoms with Crippen LogP contribution in [0.15, 0.2) is 77.8 Å². The van der Waals surface area contributed by atoms with E-state index in [-0.39, 0.29) is 11.7 Å². The predicted molar refractivity (Wildman–Crippen MR) is 144 cm³/mol. The molecule has 0 unspecified atom stereocenters. The number of hydrogen-bond acceptors (Lipinski definition) is 3. The van der Waals surface area contributed by atoms with Crippen LogP contribution in [0.4, 0.5) is 10.1 Å². The van der Waals surface area contributed by atoms with Crippen molar-refractivity contribution in [1.29, 1.82) is 0 Å². The Morgan fingerprint density at radius 2 is 1.83 bits per heavy atom. The molecular formula is C29H31FN5O+. The van der Waals surface area contributed by atoms with E-state index in [9.17, 15) is 9.18 Å². The average Bonchev–Trinajstić information content (AvgIpc) is 3.51. The first-order valence-electron chi connectivity index (χ1n) is 12.1. The maximum absolute atomic E-state index is 14.0. The smallest absolute Gasteiger partial charge is 0.268 e. The lowest BCUT2D eigenvalue weighted by atomic mass is 10.1. The van der Waals surface area contributed by atoms with E-state index in [2.05, 4.69) is 55.0 Å². The van der Waals surface area contributed by atoms with Crippen LogP contribution < -0.4 is 15.1 Å². The monoisotopic (exact) mass is 484 g/mol. The highest BCUT2D eigenvalue weighted by molar-refractivity contribution is 6.00. The normalized spacial score (nSPS) is 13.5. The van der Waals surface area contributed by atoms with Gasteiger partial charge in [-0.05, 0) is 53.6 Å². The van der Waals surface area contributed by atoms with Gasteiger partial charge in [-0.2, -0.15) is 0 Å². The SMILES string of the molecule is C[N+](C)(C)c1ccc(CNC(=O)c2cc3cc(F)ccc3n2Cc2cccc(C3=NCCN3)c2)cc1. The van der Waals surface area contributed by atoms with Crippen LogP contribution in [0.2, 0.25) is 0 Å². The molecule has 1 aromatic heterocycles. The number of nitrogens with zero attached hydrogens (tertiary/aromatic N) is 3. The maximum Gasteiger partial charge on any atom is 0.268 e. The molecule has 4 aromatic rings. The summed E-state index contributed by atoms with van der Waals surface area (Å²) in [6.07, 6.45) is 0. The third kappa shape index (κ3) is 5.02. The van der Waals surface area contributed by atoms with Crippen LogP contribution in [0, 0.1) is 5.82 Å². The van der Waals surface area contributed by atoms with Gasteiger partial charge in [0.25, 0.3) is 5.91 Å². The summed E-state index contributed by atoms with van der Waals surface area (Å²) in [6.45, 7) is 2.51. The number of nitrogens with one attached hydrogen (secondary N) is 2. The highest BCUT2D eigenvalue weighted by Crippen LogP contribution is 2.24. The van der Waals surface area contributed by atoms with Crippen molar-refractivity contribution in [3.8, 4) is 0 Å². The van der Waals surface area contributed by atoms with Crippen molar-refractivity contribution in [2.75, 3.05) is 34.2 Å². The molecule has 36 heavy (non-hydrogen) atoms. The van der Waals surface area contributed by atoms with Crippen molar-refractivity contribution in [1.82, 2.24) is 19.7 Å². The first-order valence-corrected chi connectivity index (χ1v) is 12.1. The van der Waals surface area contributed by atoms with Gasteiger partial charge < -0.3 is 15.2 Å². The largest absolute Gasteiger partial charge is 0.368 e. The minimum absolute atomic E-state index is 0.194. The third-order valence-electron chi connectivity index (χ3n) is 6.48. The molecule has 0 saturated carbocycles. The zero-order chi connectivity index (χ0) is 25.3. The van der Waals surface area contributed by atoms with Crippen LogP contribution in [0.1, 0.15) is 27.2 Å². The Morgan fingerprint density at radius 1 is 1.03 bits per heavy atom. The van der Waals surface area contributed by atoms with Gasteiger partial charge in [0.05, 0.1) is 27.7 Å². The Balaban J connectivity index is 1.41. The highest BCUT2D eigenvalue weighted by atomic mass is 19.1. The quantitative estimate of drug-likeness (QED) is 0.384. The lowest BCUT2D eigenvalue weighted by molar-refractivity contribution is 0.0942. The van der Waals surface area contributed by atoms with Gasteiger partial charge in [-0.3, -0.25) is 14.3 Å². The van der Waals surface area contributed by atoms with Gasteiger partial charge in [-0.15, -0.1) is 0 Å². The van der Waals surface area contributed by atoms with Crippen LogP contribution in [0.25, 0.3) is 10.9 Å². The van der Waals surface area contributed by atoms with Gasteiger partial charge in [0, 0.05) is 36.1 Å². The second kappa shape index (κ2) is 9.59. The zero-order valence-corrected chi connectivity index (χ0v) is 20.9. The van der Waals surface area contributed by atoms with Gasteiger partial charge in [-0.25, -0.2) is 4.39 Å². The molecule has 0 spiro atoms. The minimum Gasteiger partial charge on any atom is -0.368 e. The van der Waals surface area contributed by atoms with Crippen LogP contribution >= 0.6 is 0 Å². The summed E-state index contributed by atoms with van der Waals surface area (Å²) >= 11 is 0. The number of carbonyl (C=O) groups is 1. The highest BCUT2D eigenvalue weighted by Gasteiger charge is 2.18. The molecule has 0 fully saturated rings. The molecule has 2 N–H and O–H groups in total. The van der Waals surface area contributed by atoms with E-state index in [4.69, 9.17) is 0 Å². The van der Waals surface area contributed by atoms with Crippen molar-refractivity contribution < 1.29 is 9.18 Å². The van der Waals surface area contributed by atoms with Gasteiger partial charge in [0.2, 0.25) is 0 Å². The van der Waals surface area contributed by atoms with Crippen molar-refractivity contribution in [3.05, 3.63) is 101 Å². The summed E-state index contributed by atoms with van der Waals surface area (Å²) in [5, 5.41) is 7.05. The number of benzene rings is 3. The molecule has 6 nitrogen and oxygen atoms in total. The van der Waals surface area contributed by atoms with Crippen molar-refractivity contribution in [3.63, 3.8) is 0 Å². The van der Waals surface area contributed by atoms with E-state index in [0.717, 1.165) is 45.6 Å². The van der Waals surface area contributed by atoms with E-state index in [1.807, 2.05) is 34.9 Å². The van der Waals surface area contributed by atoms with Gasteiger partial charge in [-0.1, -0.05) is 30.3 Å². The zero-order valence-electron chi connectivity index (χ0n) is 20.9. The number of amides is 1. The van der Waals surface area contributed by atoms with E-state index < -0.39 is 0 Å². The number of aliphatic imine (C=N–C) groups is 1. The number of amidine groups is 1. The average molecular weight is 485 g/mol. The molecule has 184 valence electrons. The number of hydrogen-bond donors (Lipinski definition) is 2. The van der Waals surface area contributed by atoms with Crippen LogP contribution in [0.5, 0.6) is 0 Å². The lowest BCUT2D eigenvalue weighted by Crippen LogP contribution is -2.34. The molecule has 2 heterocycles. The maximum atomic E-state index is 14.0. The standard InChI is InChI=1S/C29H30FN5O/c1-35(2,3)25-10-7-20(8-11-25)18-33-29(36)27-17-23-16-24(30)9-12-26(23)34(27)19-21-5-4-6-22(15-21)28-31-13-14-32-28/h4-12,15-17H,13-14,18-19H2,1-3H3,(H-,31,32,33,36)/p+1. The molecule has 1 amide bonds. The van der Waals surface area contributed by atoms with Crippen LogP contribution in [-0.2, 0) is 13.1 Å². The molecular weight excluding hydrogens is 453 g/mol. The van der Waals surface area contributed by atoms with Crippen LogP contribution in [-0.4, -0.2) is 50.5 Å². The number of carbonyl (C=O) groups excluding carboxylic acids is 1. The van der Waals surface area contributed by atoms with Crippen molar-refractivity contribution in [2.45, 2.75) is 13.1 Å². The van der Waals surface area contributed by atoms with E-state index in [0.29, 0.717) is 24.2 Å². The van der Waals surface area contributed by atoms with Gasteiger partial charge in [0.15, 0.2) is 0 Å². The fourth-order valence-electron chi connectivity index (χ4n) is 4.52.